The highest BCUT2D eigenvalue weighted by molar-refractivity contribution is 5.95. The molecular formula is C31H44N4O4. The van der Waals surface area contributed by atoms with Gasteiger partial charge in [0.1, 0.15) is 12.1 Å². The Morgan fingerprint density at radius 3 is 1.79 bits per heavy atom. The zero-order valence-electron chi connectivity index (χ0n) is 24.1. The molecule has 39 heavy (non-hydrogen) atoms. The second kappa shape index (κ2) is 14.5. The van der Waals surface area contributed by atoms with Crippen molar-refractivity contribution in [3.63, 3.8) is 0 Å². The minimum absolute atomic E-state index is 0.137. The third-order valence-corrected chi connectivity index (χ3v) is 6.02. The number of hydrogen-bond donors (Lipinski definition) is 4. The number of amides is 4. The Hall–Kier alpha value is -3.68. The highest BCUT2D eigenvalue weighted by Gasteiger charge is 2.31. The molecule has 0 aliphatic heterocycles. The Bertz CT molecular complexity index is 1090. The molecule has 0 unspecified atom stereocenters. The molecule has 212 valence electrons. The van der Waals surface area contributed by atoms with Gasteiger partial charge >= 0.3 is 0 Å². The topological polar surface area (TPSA) is 116 Å². The van der Waals surface area contributed by atoms with E-state index in [4.69, 9.17) is 0 Å². The average molecular weight is 537 g/mol. The quantitative estimate of drug-likeness (QED) is 0.332. The molecule has 0 aromatic heterocycles. The van der Waals surface area contributed by atoms with Crippen LogP contribution in [0.1, 0.15) is 65.5 Å². The second-order valence-corrected chi connectivity index (χ2v) is 12.1. The van der Waals surface area contributed by atoms with E-state index in [0.29, 0.717) is 25.9 Å². The van der Waals surface area contributed by atoms with Crippen LogP contribution in [0.25, 0.3) is 0 Å². The Kier molecular flexibility index (Phi) is 11.7. The lowest BCUT2D eigenvalue weighted by Crippen LogP contribution is -2.56. The standard InChI is InChI=1S/C31H44N4O4/c1-30(2,3)21-33-26(36)19-25(35-29(39)31(4,5)6)28(38)34-24(18-17-22-13-9-7-10-14-22)27(37)32-20-23-15-11-8-12-16-23/h7-16,24-25H,17-21H2,1-6H3,(H,32,37)(H,33,36)(H,34,38)(H,35,39)/t24-,25-/m0/s1. The summed E-state index contributed by atoms with van der Waals surface area (Å²) in [5.41, 5.74) is 1.07. The van der Waals surface area contributed by atoms with Crippen molar-refractivity contribution < 1.29 is 19.2 Å². The first kappa shape index (κ1) is 31.5. The number of aryl methyl sites for hydroxylation is 1. The molecule has 0 saturated carbocycles. The zero-order valence-corrected chi connectivity index (χ0v) is 24.1. The summed E-state index contributed by atoms with van der Waals surface area (Å²) in [7, 11) is 0. The van der Waals surface area contributed by atoms with Gasteiger partial charge in [-0.1, -0.05) is 102 Å². The van der Waals surface area contributed by atoms with Gasteiger partial charge < -0.3 is 21.3 Å². The van der Waals surface area contributed by atoms with E-state index in [1.54, 1.807) is 20.8 Å². The molecule has 2 aromatic rings. The monoisotopic (exact) mass is 536 g/mol. The summed E-state index contributed by atoms with van der Waals surface area (Å²) in [4.78, 5) is 52.1. The van der Waals surface area contributed by atoms with Crippen LogP contribution in [-0.2, 0) is 32.1 Å². The molecule has 0 saturated heterocycles. The van der Waals surface area contributed by atoms with Gasteiger partial charge in [0.25, 0.3) is 0 Å². The first-order chi connectivity index (χ1) is 18.2. The van der Waals surface area contributed by atoms with Crippen molar-refractivity contribution in [1.82, 2.24) is 21.3 Å². The van der Waals surface area contributed by atoms with E-state index in [-0.39, 0.29) is 29.6 Å². The van der Waals surface area contributed by atoms with E-state index in [1.165, 1.54) is 0 Å². The maximum absolute atomic E-state index is 13.5. The molecule has 2 rings (SSSR count). The Morgan fingerprint density at radius 1 is 0.692 bits per heavy atom. The van der Waals surface area contributed by atoms with Gasteiger partial charge in [-0.3, -0.25) is 19.2 Å². The normalized spacial score (nSPS) is 13.1. The number of benzene rings is 2. The highest BCUT2D eigenvalue weighted by atomic mass is 16.2. The van der Waals surface area contributed by atoms with Gasteiger partial charge in [-0.05, 0) is 29.4 Å². The summed E-state index contributed by atoms with van der Waals surface area (Å²) in [5, 5.41) is 11.3. The summed E-state index contributed by atoms with van der Waals surface area (Å²) >= 11 is 0. The van der Waals surface area contributed by atoms with E-state index in [0.717, 1.165) is 11.1 Å². The first-order valence-corrected chi connectivity index (χ1v) is 13.5. The number of hydrogen-bond acceptors (Lipinski definition) is 4. The van der Waals surface area contributed by atoms with Crippen LogP contribution in [-0.4, -0.2) is 42.3 Å². The number of rotatable bonds is 12. The van der Waals surface area contributed by atoms with E-state index in [1.807, 2.05) is 81.4 Å². The summed E-state index contributed by atoms with van der Waals surface area (Å²) in [6.07, 6.45) is 0.683. The molecule has 0 aliphatic rings. The molecule has 0 heterocycles. The van der Waals surface area contributed by atoms with Crippen molar-refractivity contribution >= 4 is 23.6 Å². The van der Waals surface area contributed by atoms with Gasteiger partial charge in [0.2, 0.25) is 23.6 Å². The van der Waals surface area contributed by atoms with Gasteiger partial charge in [-0.25, -0.2) is 0 Å². The number of nitrogens with one attached hydrogen (secondary N) is 4. The van der Waals surface area contributed by atoms with Gasteiger partial charge in [0.15, 0.2) is 0 Å². The van der Waals surface area contributed by atoms with Crippen molar-refractivity contribution in [3.05, 3.63) is 71.8 Å². The van der Waals surface area contributed by atoms with Gasteiger partial charge in [-0.15, -0.1) is 0 Å². The van der Waals surface area contributed by atoms with Crippen molar-refractivity contribution in [2.24, 2.45) is 10.8 Å². The summed E-state index contributed by atoms with van der Waals surface area (Å²) in [5.74, 6) is -1.62. The third-order valence-electron chi connectivity index (χ3n) is 6.02. The van der Waals surface area contributed by atoms with Crippen LogP contribution in [0.5, 0.6) is 0 Å². The van der Waals surface area contributed by atoms with Crippen LogP contribution in [0.2, 0.25) is 0 Å². The zero-order chi connectivity index (χ0) is 29.1. The Labute approximate surface area is 232 Å². The van der Waals surface area contributed by atoms with E-state index in [2.05, 4.69) is 21.3 Å². The Morgan fingerprint density at radius 2 is 1.26 bits per heavy atom. The van der Waals surface area contributed by atoms with Crippen LogP contribution in [0, 0.1) is 10.8 Å². The largest absolute Gasteiger partial charge is 0.355 e. The molecular weight excluding hydrogens is 492 g/mol. The lowest BCUT2D eigenvalue weighted by molar-refractivity contribution is -0.136. The van der Waals surface area contributed by atoms with Crippen LogP contribution < -0.4 is 21.3 Å². The molecule has 4 N–H and O–H groups in total. The molecule has 8 heteroatoms. The summed E-state index contributed by atoms with van der Waals surface area (Å²) < 4.78 is 0. The van der Waals surface area contributed by atoms with Crippen LogP contribution in [0.4, 0.5) is 0 Å². The highest BCUT2D eigenvalue weighted by Crippen LogP contribution is 2.14. The molecule has 2 aromatic carbocycles. The third kappa shape index (κ3) is 12.1. The Balaban J connectivity index is 2.18. The lowest BCUT2D eigenvalue weighted by atomic mass is 9.94. The minimum atomic E-state index is -1.13. The molecule has 4 amide bonds. The van der Waals surface area contributed by atoms with Crippen LogP contribution in [0.3, 0.4) is 0 Å². The first-order valence-electron chi connectivity index (χ1n) is 13.5. The lowest BCUT2D eigenvalue weighted by Gasteiger charge is -2.26. The van der Waals surface area contributed by atoms with Crippen molar-refractivity contribution in [3.8, 4) is 0 Å². The van der Waals surface area contributed by atoms with Gasteiger partial charge in [0.05, 0.1) is 6.42 Å². The molecule has 0 bridgehead atoms. The SMILES string of the molecule is CC(C)(C)CNC(=O)C[C@H](NC(=O)C(C)(C)C)C(=O)N[C@@H](CCc1ccccc1)C(=O)NCc1ccccc1. The molecule has 8 nitrogen and oxygen atoms in total. The predicted molar refractivity (Wildman–Crippen MR) is 153 cm³/mol. The van der Waals surface area contributed by atoms with Gasteiger partial charge in [0, 0.05) is 18.5 Å². The fraction of sp³-hybridized carbons (Fsp3) is 0.484. The minimum Gasteiger partial charge on any atom is -0.355 e. The van der Waals surface area contributed by atoms with Crippen LogP contribution >= 0.6 is 0 Å². The number of carbonyl (C=O) groups is 4. The maximum Gasteiger partial charge on any atom is 0.243 e. The van der Waals surface area contributed by atoms with Crippen molar-refractivity contribution in [2.45, 2.75) is 79.4 Å². The molecule has 0 fully saturated rings. The number of carbonyl (C=O) groups excluding carboxylic acids is 4. The predicted octanol–water partition coefficient (Wildman–Crippen LogP) is 3.50. The summed E-state index contributed by atoms with van der Waals surface area (Å²) in [6, 6.07) is 17.2. The molecule has 0 spiro atoms. The fourth-order valence-electron chi connectivity index (χ4n) is 3.61. The van der Waals surface area contributed by atoms with Crippen LogP contribution in [0.15, 0.2) is 60.7 Å². The maximum atomic E-state index is 13.5. The molecule has 0 aliphatic carbocycles. The van der Waals surface area contributed by atoms with E-state index in [9.17, 15) is 19.2 Å². The molecule has 2 atom stereocenters. The van der Waals surface area contributed by atoms with E-state index >= 15 is 0 Å². The average Bonchev–Trinajstić information content (AvgIpc) is 2.88. The summed E-state index contributed by atoms with van der Waals surface area (Å²) in [6.45, 7) is 11.9. The van der Waals surface area contributed by atoms with Crippen molar-refractivity contribution in [2.75, 3.05) is 6.54 Å². The van der Waals surface area contributed by atoms with E-state index < -0.39 is 23.4 Å². The van der Waals surface area contributed by atoms with Crippen molar-refractivity contribution in [1.29, 1.82) is 0 Å². The van der Waals surface area contributed by atoms with Gasteiger partial charge in [-0.2, -0.15) is 0 Å². The fourth-order valence-corrected chi connectivity index (χ4v) is 3.61. The second-order valence-electron chi connectivity index (χ2n) is 12.1. The smallest absolute Gasteiger partial charge is 0.243 e. The molecule has 0 radical (unpaired) electrons.